The van der Waals surface area contributed by atoms with Crippen LogP contribution in [0.1, 0.15) is 12.6 Å². The summed E-state index contributed by atoms with van der Waals surface area (Å²) in [5.41, 5.74) is 1.28. The first-order chi connectivity index (χ1) is 3.93. The van der Waals surface area contributed by atoms with Crippen LogP contribution in [0.25, 0.3) is 0 Å². The van der Waals surface area contributed by atoms with Gasteiger partial charge in [-0.05, 0) is 25.0 Å². The Hall–Kier alpha value is -0.720. The van der Waals surface area contributed by atoms with E-state index in [-0.39, 0.29) is 0 Å². The Morgan fingerprint density at radius 1 is 1.75 bits per heavy atom. The molecule has 1 aromatic heterocycles. The van der Waals surface area contributed by atoms with E-state index in [1.807, 2.05) is 12.3 Å². The van der Waals surface area contributed by atoms with Gasteiger partial charge in [0, 0.05) is 11.9 Å². The van der Waals surface area contributed by atoms with Crippen LogP contribution in [0, 0.1) is 6.42 Å². The van der Waals surface area contributed by atoms with Gasteiger partial charge in [0.05, 0.1) is 0 Å². The van der Waals surface area contributed by atoms with Crippen molar-refractivity contribution in [3.05, 3.63) is 30.4 Å². The lowest BCUT2D eigenvalue weighted by Crippen LogP contribution is -1.79. The number of aromatic nitrogens is 1. The highest BCUT2D eigenvalue weighted by Crippen LogP contribution is 1.96. The Morgan fingerprint density at radius 2 is 2.62 bits per heavy atom. The molecule has 0 bridgehead atoms. The number of nitrogens with one attached hydrogen (secondary N) is 1. The Morgan fingerprint density at radius 3 is 3.12 bits per heavy atom. The molecule has 0 saturated carbocycles. The molecular weight excluding hydrogens is 98.1 g/mol. The summed E-state index contributed by atoms with van der Waals surface area (Å²) in [5.74, 6) is 0. The van der Waals surface area contributed by atoms with E-state index in [0.29, 0.717) is 0 Å². The highest BCUT2D eigenvalue weighted by Gasteiger charge is 1.85. The van der Waals surface area contributed by atoms with Crippen molar-refractivity contribution >= 4 is 0 Å². The van der Waals surface area contributed by atoms with Crippen LogP contribution in [0.3, 0.4) is 0 Å². The van der Waals surface area contributed by atoms with Crippen LogP contribution < -0.4 is 0 Å². The highest BCUT2D eigenvalue weighted by atomic mass is 14.7. The number of aromatic amines is 1. The maximum absolute atomic E-state index is 3.11. The number of hydrogen-bond acceptors (Lipinski definition) is 0. The Balaban J connectivity index is 2.50. The molecule has 8 heavy (non-hydrogen) atoms. The van der Waals surface area contributed by atoms with E-state index >= 15 is 0 Å². The standard InChI is InChI=1S/C7H10N/c1-2-4-7-5-3-6-8-7/h2-3,5-6,8H,4H2,1H3. The van der Waals surface area contributed by atoms with Crippen LogP contribution in [0.4, 0.5) is 0 Å². The summed E-state index contributed by atoms with van der Waals surface area (Å²) in [6.45, 7) is 2.06. The van der Waals surface area contributed by atoms with E-state index in [2.05, 4.69) is 24.4 Å². The molecule has 0 saturated heterocycles. The summed E-state index contributed by atoms with van der Waals surface area (Å²) < 4.78 is 0. The van der Waals surface area contributed by atoms with Crippen molar-refractivity contribution in [1.82, 2.24) is 4.98 Å². The zero-order chi connectivity index (χ0) is 5.82. The van der Waals surface area contributed by atoms with E-state index in [9.17, 15) is 0 Å². The average Bonchev–Trinajstić information content (AvgIpc) is 2.19. The molecule has 0 fully saturated rings. The second-order valence-corrected chi connectivity index (χ2v) is 1.81. The lowest BCUT2D eigenvalue weighted by Gasteiger charge is -1.87. The van der Waals surface area contributed by atoms with Crippen molar-refractivity contribution in [2.75, 3.05) is 0 Å². The predicted molar refractivity (Wildman–Crippen MR) is 34.5 cm³/mol. The van der Waals surface area contributed by atoms with Gasteiger partial charge in [-0.1, -0.05) is 6.92 Å². The van der Waals surface area contributed by atoms with Crippen LogP contribution in [-0.2, 0) is 6.42 Å². The normalized spacial score (nSPS) is 9.62. The first kappa shape index (κ1) is 5.42. The molecule has 1 rings (SSSR count). The Kier molecular flexibility index (Phi) is 1.73. The zero-order valence-electron chi connectivity index (χ0n) is 5.02. The molecule has 43 valence electrons. The smallest absolute Gasteiger partial charge is 0.0149 e. The van der Waals surface area contributed by atoms with Crippen molar-refractivity contribution in [1.29, 1.82) is 0 Å². The fraction of sp³-hybridized carbons (Fsp3) is 0.286. The monoisotopic (exact) mass is 108 g/mol. The lowest BCUT2D eigenvalue weighted by atomic mass is 10.3. The second kappa shape index (κ2) is 2.55. The number of hydrogen-bond donors (Lipinski definition) is 1. The van der Waals surface area contributed by atoms with Crippen LogP contribution in [0.15, 0.2) is 18.3 Å². The summed E-state index contributed by atoms with van der Waals surface area (Å²) in [6, 6.07) is 4.10. The molecule has 0 aliphatic heterocycles. The topological polar surface area (TPSA) is 15.8 Å². The molecule has 0 aromatic carbocycles. The van der Waals surface area contributed by atoms with Gasteiger partial charge < -0.3 is 4.98 Å². The van der Waals surface area contributed by atoms with Crippen molar-refractivity contribution < 1.29 is 0 Å². The van der Waals surface area contributed by atoms with Crippen molar-refractivity contribution in [3.8, 4) is 0 Å². The predicted octanol–water partition coefficient (Wildman–Crippen LogP) is 1.78. The van der Waals surface area contributed by atoms with Gasteiger partial charge in [0.15, 0.2) is 0 Å². The van der Waals surface area contributed by atoms with Gasteiger partial charge in [-0.15, -0.1) is 0 Å². The number of rotatable bonds is 2. The second-order valence-electron chi connectivity index (χ2n) is 1.81. The van der Waals surface area contributed by atoms with Gasteiger partial charge in [-0.2, -0.15) is 0 Å². The molecular formula is C7H10N. The van der Waals surface area contributed by atoms with Crippen molar-refractivity contribution in [3.63, 3.8) is 0 Å². The lowest BCUT2D eigenvalue weighted by molar-refractivity contribution is 1.07. The third-order valence-electron chi connectivity index (χ3n) is 1.09. The molecule has 1 nitrogen and oxygen atoms in total. The van der Waals surface area contributed by atoms with Gasteiger partial charge in [0.2, 0.25) is 0 Å². The van der Waals surface area contributed by atoms with Gasteiger partial charge >= 0.3 is 0 Å². The van der Waals surface area contributed by atoms with Crippen molar-refractivity contribution in [2.45, 2.75) is 13.3 Å². The molecule has 0 unspecified atom stereocenters. The third kappa shape index (κ3) is 1.12. The molecule has 1 heterocycles. The molecule has 0 aliphatic rings. The first-order valence-corrected chi connectivity index (χ1v) is 2.83. The van der Waals surface area contributed by atoms with Gasteiger partial charge in [0.1, 0.15) is 0 Å². The van der Waals surface area contributed by atoms with Gasteiger partial charge in [-0.25, -0.2) is 0 Å². The molecule has 0 aliphatic carbocycles. The maximum atomic E-state index is 3.11. The number of H-pyrrole nitrogens is 1. The minimum atomic E-state index is 1.05. The van der Waals surface area contributed by atoms with Gasteiger partial charge in [0.25, 0.3) is 0 Å². The summed E-state index contributed by atoms with van der Waals surface area (Å²) in [6.07, 6.45) is 5.12. The van der Waals surface area contributed by atoms with E-state index < -0.39 is 0 Å². The molecule has 0 spiro atoms. The van der Waals surface area contributed by atoms with Crippen LogP contribution >= 0.6 is 0 Å². The highest BCUT2D eigenvalue weighted by molar-refractivity contribution is 5.05. The van der Waals surface area contributed by atoms with Gasteiger partial charge in [-0.3, -0.25) is 0 Å². The van der Waals surface area contributed by atoms with E-state index in [4.69, 9.17) is 0 Å². The molecule has 0 amide bonds. The summed E-state index contributed by atoms with van der Waals surface area (Å²) >= 11 is 0. The quantitative estimate of drug-likeness (QED) is 0.594. The Bertz CT molecular complexity index is 130. The summed E-state index contributed by atoms with van der Waals surface area (Å²) in [7, 11) is 0. The first-order valence-electron chi connectivity index (χ1n) is 2.83. The fourth-order valence-corrected chi connectivity index (χ4v) is 0.714. The largest absolute Gasteiger partial charge is 0.365 e. The maximum Gasteiger partial charge on any atom is 0.0149 e. The minimum absolute atomic E-state index is 1.05. The zero-order valence-corrected chi connectivity index (χ0v) is 5.02. The minimum Gasteiger partial charge on any atom is -0.365 e. The molecule has 1 radical (unpaired) electrons. The molecule has 0 atom stereocenters. The van der Waals surface area contributed by atoms with E-state index in [0.717, 1.165) is 6.42 Å². The summed E-state index contributed by atoms with van der Waals surface area (Å²) in [5, 5.41) is 0. The van der Waals surface area contributed by atoms with Crippen LogP contribution in [0.2, 0.25) is 0 Å². The molecule has 1 N–H and O–H groups in total. The van der Waals surface area contributed by atoms with E-state index in [1.54, 1.807) is 0 Å². The SMILES string of the molecule is C[CH]Cc1ccc[nH]1. The molecule has 1 heteroatoms. The average molecular weight is 108 g/mol. The fourth-order valence-electron chi connectivity index (χ4n) is 0.714. The summed E-state index contributed by atoms with van der Waals surface area (Å²) in [4.78, 5) is 3.11. The Labute approximate surface area is 49.7 Å². The van der Waals surface area contributed by atoms with Crippen LogP contribution in [0.5, 0.6) is 0 Å². The third-order valence-corrected chi connectivity index (χ3v) is 1.09. The van der Waals surface area contributed by atoms with Crippen LogP contribution in [-0.4, -0.2) is 4.98 Å². The van der Waals surface area contributed by atoms with E-state index in [1.165, 1.54) is 5.69 Å². The molecule has 1 aromatic rings. The van der Waals surface area contributed by atoms with Crippen molar-refractivity contribution in [2.24, 2.45) is 0 Å².